The number of fused-ring (bicyclic) bond motifs is 1. The van der Waals surface area contributed by atoms with Crippen molar-refractivity contribution < 1.29 is 14.6 Å². The van der Waals surface area contributed by atoms with E-state index in [4.69, 9.17) is 4.74 Å². The van der Waals surface area contributed by atoms with Crippen LogP contribution in [0.5, 0.6) is 0 Å². The molecule has 2 aliphatic carbocycles. The van der Waals surface area contributed by atoms with Gasteiger partial charge in [0.15, 0.2) is 0 Å². The molecular formula is C18H28O3. The molecule has 0 saturated heterocycles. The van der Waals surface area contributed by atoms with Crippen LogP contribution < -0.4 is 0 Å². The monoisotopic (exact) mass is 292 g/mol. The van der Waals surface area contributed by atoms with Gasteiger partial charge in [-0.1, -0.05) is 31.6 Å². The van der Waals surface area contributed by atoms with Crippen LogP contribution >= 0.6 is 0 Å². The lowest BCUT2D eigenvalue weighted by atomic mass is 9.63. The number of allylic oxidation sites excluding steroid dienone is 3. The number of hydrogen-bond acceptors (Lipinski definition) is 3. The van der Waals surface area contributed by atoms with E-state index < -0.39 is 0 Å². The maximum Gasteiger partial charge on any atom is 0.330 e. The molecule has 0 aromatic heterocycles. The summed E-state index contributed by atoms with van der Waals surface area (Å²) in [6.07, 6.45) is 10.7. The largest absolute Gasteiger partial charge is 0.463 e. The summed E-state index contributed by atoms with van der Waals surface area (Å²) in [5.74, 6) is 0.538. The molecule has 2 aliphatic rings. The van der Waals surface area contributed by atoms with Crippen LogP contribution in [0, 0.1) is 17.3 Å². The molecule has 3 heteroatoms. The number of aliphatic hydroxyl groups is 1. The van der Waals surface area contributed by atoms with E-state index in [1.165, 1.54) is 18.1 Å². The molecule has 0 amide bonds. The summed E-state index contributed by atoms with van der Waals surface area (Å²) in [5.41, 5.74) is 1.62. The van der Waals surface area contributed by atoms with E-state index >= 15 is 0 Å². The van der Waals surface area contributed by atoms with Crippen LogP contribution in [0.15, 0.2) is 23.8 Å². The fourth-order valence-corrected chi connectivity index (χ4v) is 4.20. The van der Waals surface area contributed by atoms with Gasteiger partial charge in [0.05, 0.1) is 12.7 Å². The average Bonchev–Trinajstić information content (AvgIpc) is 2.77. The highest BCUT2D eigenvalue weighted by molar-refractivity contribution is 5.81. The number of hydrogen-bond donors (Lipinski definition) is 1. The fraction of sp³-hybridized carbons (Fsp3) is 0.722. The highest BCUT2D eigenvalue weighted by Crippen LogP contribution is 2.54. The summed E-state index contributed by atoms with van der Waals surface area (Å²) in [6, 6.07) is 0. The Bertz CT molecular complexity index is 438. The van der Waals surface area contributed by atoms with Crippen molar-refractivity contribution in [2.45, 2.75) is 59.0 Å². The molecule has 118 valence electrons. The van der Waals surface area contributed by atoms with Gasteiger partial charge in [-0.2, -0.15) is 0 Å². The Morgan fingerprint density at radius 2 is 2.38 bits per heavy atom. The molecule has 0 unspecified atom stereocenters. The van der Waals surface area contributed by atoms with Crippen molar-refractivity contribution in [3.8, 4) is 0 Å². The lowest BCUT2D eigenvalue weighted by Crippen LogP contribution is -2.39. The van der Waals surface area contributed by atoms with Crippen LogP contribution in [0.1, 0.15) is 52.9 Å². The Labute approximate surface area is 128 Å². The van der Waals surface area contributed by atoms with E-state index in [9.17, 15) is 9.90 Å². The van der Waals surface area contributed by atoms with Gasteiger partial charge in [-0.25, -0.2) is 4.79 Å². The summed E-state index contributed by atoms with van der Waals surface area (Å²) in [5, 5.41) is 10.2. The van der Waals surface area contributed by atoms with Gasteiger partial charge in [0, 0.05) is 6.08 Å². The zero-order valence-electron chi connectivity index (χ0n) is 13.5. The third-order valence-electron chi connectivity index (χ3n) is 5.29. The van der Waals surface area contributed by atoms with Crippen LogP contribution in [0.25, 0.3) is 0 Å². The van der Waals surface area contributed by atoms with Crippen LogP contribution in [0.3, 0.4) is 0 Å². The van der Waals surface area contributed by atoms with Crippen LogP contribution in [-0.2, 0) is 9.53 Å². The second-order valence-electron chi connectivity index (χ2n) is 6.67. The molecule has 2 rings (SSSR count). The van der Waals surface area contributed by atoms with Crippen LogP contribution in [0.2, 0.25) is 0 Å². The molecule has 1 saturated carbocycles. The Morgan fingerprint density at radius 1 is 1.62 bits per heavy atom. The molecule has 0 aromatic rings. The number of carbonyl (C=O) groups excluding carboxylic acids is 1. The van der Waals surface area contributed by atoms with E-state index in [1.807, 2.05) is 13.0 Å². The average molecular weight is 292 g/mol. The van der Waals surface area contributed by atoms with E-state index in [0.717, 1.165) is 25.7 Å². The molecule has 0 bridgehead atoms. The smallest absolute Gasteiger partial charge is 0.330 e. The van der Waals surface area contributed by atoms with Gasteiger partial charge in [-0.15, -0.1) is 0 Å². The van der Waals surface area contributed by atoms with Crippen LogP contribution in [0.4, 0.5) is 0 Å². The Kier molecular flexibility index (Phi) is 5.26. The first-order valence-corrected chi connectivity index (χ1v) is 8.21. The number of carbonyl (C=O) groups is 1. The molecule has 0 heterocycles. The molecule has 21 heavy (non-hydrogen) atoms. The van der Waals surface area contributed by atoms with Crippen molar-refractivity contribution in [2.75, 3.05) is 6.61 Å². The molecular weight excluding hydrogens is 264 g/mol. The minimum atomic E-state index is -0.262. The van der Waals surface area contributed by atoms with Crippen molar-refractivity contribution in [3.05, 3.63) is 23.8 Å². The van der Waals surface area contributed by atoms with Crippen molar-refractivity contribution >= 4 is 5.97 Å². The van der Waals surface area contributed by atoms with Crippen molar-refractivity contribution in [3.63, 3.8) is 0 Å². The predicted octanol–water partition coefficient (Wildman–Crippen LogP) is 3.63. The molecule has 0 aromatic carbocycles. The Morgan fingerprint density at radius 3 is 3.10 bits per heavy atom. The summed E-state index contributed by atoms with van der Waals surface area (Å²) in [7, 11) is 0. The number of rotatable bonds is 5. The van der Waals surface area contributed by atoms with Gasteiger partial charge in [0.1, 0.15) is 0 Å². The molecule has 1 fully saturated rings. The standard InChI is InChI=1S/C18H28O3/c1-4-21-17(20)9-5-7-13(2)14-10-11-15-16(19)8-6-12-18(14,15)3/h5,9-10,13,15-16,19H,4,6-8,11-12H2,1-3H3/b9-5+/t13-,15-,16-,18-/m0/s1. The highest BCUT2D eigenvalue weighted by Gasteiger charge is 2.47. The van der Waals surface area contributed by atoms with Gasteiger partial charge in [-0.3, -0.25) is 0 Å². The first-order valence-electron chi connectivity index (χ1n) is 8.21. The predicted molar refractivity (Wildman–Crippen MR) is 83.7 cm³/mol. The SMILES string of the molecule is CCOC(=O)/C=C/C[C@H](C)C1=CC[C@H]2[C@@H](O)CCC[C@@]12C. The summed E-state index contributed by atoms with van der Waals surface area (Å²) < 4.78 is 4.90. The van der Waals surface area contributed by atoms with Crippen molar-refractivity contribution in [2.24, 2.45) is 17.3 Å². The Balaban J connectivity index is 1.97. The van der Waals surface area contributed by atoms with E-state index in [1.54, 1.807) is 0 Å². The minimum absolute atomic E-state index is 0.148. The Hall–Kier alpha value is -1.09. The quantitative estimate of drug-likeness (QED) is 0.478. The molecule has 4 atom stereocenters. The summed E-state index contributed by atoms with van der Waals surface area (Å²) >= 11 is 0. The second-order valence-corrected chi connectivity index (χ2v) is 6.67. The molecule has 3 nitrogen and oxygen atoms in total. The molecule has 0 aliphatic heterocycles. The normalized spacial score (nSPS) is 33.6. The lowest BCUT2D eigenvalue weighted by molar-refractivity contribution is -0.137. The van der Waals surface area contributed by atoms with Gasteiger partial charge in [0.25, 0.3) is 0 Å². The van der Waals surface area contributed by atoms with E-state index in [0.29, 0.717) is 18.4 Å². The van der Waals surface area contributed by atoms with Crippen LogP contribution in [-0.4, -0.2) is 23.8 Å². The maximum absolute atomic E-state index is 11.3. The third-order valence-corrected chi connectivity index (χ3v) is 5.29. The fourth-order valence-electron chi connectivity index (χ4n) is 4.20. The van der Waals surface area contributed by atoms with Crippen molar-refractivity contribution in [1.82, 2.24) is 0 Å². The zero-order chi connectivity index (χ0) is 15.5. The molecule has 0 radical (unpaired) electrons. The van der Waals surface area contributed by atoms with E-state index in [-0.39, 0.29) is 17.5 Å². The second kappa shape index (κ2) is 6.78. The highest BCUT2D eigenvalue weighted by atomic mass is 16.5. The van der Waals surface area contributed by atoms with Gasteiger partial charge in [0.2, 0.25) is 0 Å². The minimum Gasteiger partial charge on any atom is -0.463 e. The molecule has 0 spiro atoms. The molecule has 1 N–H and O–H groups in total. The first-order chi connectivity index (χ1) is 9.99. The summed E-state index contributed by atoms with van der Waals surface area (Å²) in [6.45, 7) is 6.76. The zero-order valence-corrected chi connectivity index (χ0v) is 13.5. The third kappa shape index (κ3) is 3.39. The maximum atomic E-state index is 11.3. The summed E-state index contributed by atoms with van der Waals surface area (Å²) in [4.78, 5) is 11.3. The number of esters is 1. The van der Waals surface area contributed by atoms with Gasteiger partial charge >= 0.3 is 5.97 Å². The number of ether oxygens (including phenoxy) is 1. The van der Waals surface area contributed by atoms with Gasteiger partial charge in [-0.05, 0) is 56.3 Å². The number of aliphatic hydroxyl groups excluding tert-OH is 1. The van der Waals surface area contributed by atoms with Crippen molar-refractivity contribution in [1.29, 1.82) is 0 Å². The first kappa shape index (κ1) is 16.3. The lowest BCUT2D eigenvalue weighted by Gasteiger charge is -2.43. The topological polar surface area (TPSA) is 46.5 Å². The van der Waals surface area contributed by atoms with Gasteiger partial charge < -0.3 is 9.84 Å². The van der Waals surface area contributed by atoms with E-state index in [2.05, 4.69) is 19.9 Å².